The van der Waals surface area contributed by atoms with Gasteiger partial charge in [-0.15, -0.1) is 0 Å². The van der Waals surface area contributed by atoms with Crippen LogP contribution in [0.1, 0.15) is 34.6 Å². The molecule has 38 heavy (non-hydrogen) atoms. The zero-order valence-corrected chi connectivity index (χ0v) is 22.8. The van der Waals surface area contributed by atoms with Crippen LogP contribution in [-0.4, -0.2) is 80.4 Å². The highest BCUT2D eigenvalue weighted by Crippen LogP contribution is 2.37. The Balaban J connectivity index is 1.64. The van der Waals surface area contributed by atoms with Gasteiger partial charge in [0.2, 0.25) is 15.9 Å². The second kappa shape index (κ2) is 12.1. The molecule has 2 amide bonds. The predicted octanol–water partition coefficient (Wildman–Crippen LogP) is -0.0267. The Labute approximate surface area is 226 Å². The van der Waals surface area contributed by atoms with Crippen LogP contribution in [0.5, 0.6) is 0 Å². The van der Waals surface area contributed by atoms with E-state index in [1.165, 1.54) is 6.07 Å². The first kappa shape index (κ1) is 30.0. The summed E-state index contributed by atoms with van der Waals surface area (Å²) in [5, 5.41) is 20.6. The SMILES string of the molecule is Cc1cc(Cl)c2c(c1)[C@@H](c1cccc(S(=O)(=O)NCCOCCC(O)(C(N)=O)C(O)C(N)=O)c1)CN(C)C2. The van der Waals surface area contributed by atoms with E-state index in [9.17, 15) is 28.2 Å². The first-order valence-electron chi connectivity index (χ1n) is 11.9. The third-order valence-corrected chi connectivity index (χ3v) is 8.35. The number of halogens is 1. The molecular formula is C25H33ClN4O7S. The number of nitrogens with one attached hydrogen (secondary N) is 1. The fourth-order valence-electron chi connectivity index (χ4n) is 4.50. The highest BCUT2D eigenvalue weighted by molar-refractivity contribution is 7.89. The number of aliphatic hydroxyl groups is 2. The van der Waals surface area contributed by atoms with Crippen LogP contribution < -0.4 is 16.2 Å². The molecule has 0 radical (unpaired) electrons. The summed E-state index contributed by atoms with van der Waals surface area (Å²) in [6, 6.07) is 10.8. The number of carbonyl (C=O) groups excluding carboxylic acids is 2. The van der Waals surface area contributed by atoms with E-state index in [1.807, 2.05) is 26.1 Å². The molecule has 2 aromatic carbocycles. The van der Waals surface area contributed by atoms with Crippen LogP contribution in [0.25, 0.3) is 0 Å². The molecule has 0 aliphatic carbocycles. The number of sulfonamides is 1. The quantitative estimate of drug-likeness (QED) is 0.221. The van der Waals surface area contributed by atoms with E-state index in [0.717, 1.165) is 22.3 Å². The summed E-state index contributed by atoms with van der Waals surface area (Å²) in [5.41, 5.74) is 11.4. The van der Waals surface area contributed by atoms with Crippen molar-refractivity contribution in [1.82, 2.24) is 9.62 Å². The van der Waals surface area contributed by atoms with Crippen molar-refractivity contribution in [2.75, 3.05) is 33.4 Å². The monoisotopic (exact) mass is 568 g/mol. The Morgan fingerprint density at radius 3 is 2.63 bits per heavy atom. The number of amides is 2. The highest BCUT2D eigenvalue weighted by Gasteiger charge is 2.44. The van der Waals surface area contributed by atoms with Gasteiger partial charge in [0.25, 0.3) is 5.91 Å². The number of rotatable bonds is 12. The maximum absolute atomic E-state index is 12.9. The molecule has 2 unspecified atom stereocenters. The minimum Gasteiger partial charge on any atom is -0.380 e. The summed E-state index contributed by atoms with van der Waals surface area (Å²) in [4.78, 5) is 24.9. The average molecular weight is 569 g/mol. The van der Waals surface area contributed by atoms with Crippen molar-refractivity contribution in [3.63, 3.8) is 0 Å². The lowest BCUT2D eigenvalue weighted by Gasteiger charge is -2.33. The Morgan fingerprint density at radius 2 is 1.97 bits per heavy atom. The molecule has 2 aromatic rings. The first-order chi connectivity index (χ1) is 17.8. The van der Waals surface area contributed by atoms with Crippen LogP contribution in [-0.2, 0) is 30.9 Å². The van der Waals surface area contributed by atoms with Gasteiger partial charge in [-0.25, -0.2) is 13.1 Å². The highest BCUT2D eigenvalue weighted by atomic mass is 35.5. The van der Waals surface area contributed by atoms with E-state index in [4.69, 9.17) is 27.8 Å². The number of hydrogen-bond acceptors (Lipinski definition) is 8. The molecule has 1 heterocycles. The fraction of sp³-hybridized carbons (Fsp3) is 0.440. The van der Waals surface area contributed by atoms with Gasteiger partial charge in [0.1, 0.15) is 0 Å². The third-order valence-electron chi connectivity index (χ3n) is 6.56. The summed E-state index contributed by atoms with van der Waals surface area (Å²) in [6.07, 6.45) is -2.72. The maximum atomic E-state index is 12.9. The van der Waals surface area contributed by atoms with Crippen molar-refractivity contribution in [2.24, 2.45) is 11.5 Å². The lowest BCUT2D eigenvalue weighted by atomic mass is 9.84. The van der Waals surface area contributed by atoms with Crippen LogP contribution in [0.15, 0.2) is 41.3 Å². The Hall–Kier alpha value is -2.58. The molecule has 13 heteroatoms. The molecule has 0 spiro atoms. The Morgan fingerprint density at radius 1 is 1.26 bits per heavy atom. The summed E-state index contributed by atoms with van der Waals surface area (Å²) < 4.78 is 33.6. The molecule has 0 saturated heterocycles. The van der Waals surface area contributed by atoms with Gasteiger partial charge in [0.05, 0.1) is 18.1 Å². The minimum atomic E-state index is -3.88. The van der Waals surface area contributed by atoms with Crippen molar-refractivity contribution in [3.8, 4) is 0 Å². The zero-order valence-electron chi connectivity index (χ0n) is 21.2. The normalized spacial score (nSPS) is 18.4. The molecule has 0 saturated carbocycles. The van der Waals surface area contributed by atoms with E-state index in [0.29, 0.717) is 18.1 Å². The number of hydrogen-bond donors (Lipinski definition) is 5. The number of aryl methyl sites for hydroxylation is 1. The first-order valence-corrected chi connectivity index (χ1v) is 13.8. The smallest absolute Gasteiger partial charge is 0.252 e. The number of carbonyl (C=O) groups is 2. The topological polar surface area (TPSA) is 185 Å². The lowest BCUT2D eigenvalue weighted by Crippen LogP contribution is -2.58. The van der Waals surface area contributed by atoms with Crippen LogP contribution in [0.3, 0.4) is 0 Å². The van der Waals surface area contributed by atoms with Crippen molar-refractivity contribution in [1.29, 1.82) is 0 Å². The number of fused-ring (bicyclic) bond motifs is 1. The molecule has 3 rings (SSSR count). The number of benzene rings is 2. The number of ether oxygens (including phenoxy) is 1. The van der Waals surface area contributed by atoms with Crippen molar-refractivity contribution in [3.05, 3.63) is 63.7 Å². The lowest BCUT2D eigenvalue weighted by molar-refractivity contribution is -0.161. The molecule has 0 bridgehead atoms. The molecule has 0 aromatic heterocycles. The van der Waals surface area contributed by atoms with Crippen LogP contribution in [0.4, 0.5) is 0 Å². The summed E-state index contributed by atoms with van der Waals surface area (Å²) in [5.74, 6) is -2.71. The van der Waals surface area contributed by atoms with E-state index in [1.54, 1.807) is 12.1 Å². The predicted molar refractivity (Wildman–Crippen MR) is 141 cm³/mol. The maximum Gasteiger partial charge on any atom is 0.252 e. The number of nitrogens with two attached hydrogens (primary N) is 2. The van der Waals surface area contributed by atoms with Gasteiger partial charge >= 0.3 is 0 Å². The molecule has 3 atom stereocenters. The van der Waals surface area contributed by atoms with Crippen LogP contribution in [0.2, 0.25) is 5.02 Å². The van der Waals surface area contributed by atoms with E-state index < -0.39 is 40.0 Å². The largest absolute Gasteiger partial charge is 0.380 e. The fourth-order valence-corrected chi connectivity index (χ4v) is 5.90. The number of nitrogens with zero attached hydrogens (tertiary/aromatic N) is 1. The summed E-state index contributed by atoms with van der Waals surface area (Å²) >= 11 is 6.52. The minimum absolute atomic E-state index is 0.0561. The third kappa shape index (κ3) is 6.70. The molecule has 0 fully saturated rings. The van der Waals surface area contributed by atoms with Gasteiger partial charge in [-0.2, -0.15) is 0 Å². The standard InChI is InChI=1S/C25H33ClN4O7S/c1-15-10-18-19(13-30(2)14-20(18)21(26)11-15)16-4-3-5-17(12-16)38(35,36)29-7-9-37-8-6-25(34,24(28)33)22(31)23(27)32/h3-5,10-12,19,22,29,31,34H,6-9,13-14H2,1-2H3,(H2,27,32)(H2,28,33)/t19-,22?,25?/m1/s1. The van der Waals surface area contributed by atoms with E-state index in [-0.39, 0.29) is 30.6 Å². The van der Waals surface area contributed by atoms with Gasteiger partial charge < -0.3 is 31.3 Å². The van der Waals surface area contributed by atoms with Crippen molar-refractivity contribution >= 4 is 33.4 Å². The van der Waals surface area contributed by atoms with Gasteiger partial charge in [-0.05, 0) is 54.4 Å². The van der Waals surface area contributed by atoms with Gasteiger partial charge in [0.15, 0.2) is 11.7 Å². The summed E-state index contributed by atoms with van der Waals surface area (Å²) in [7, 11) is -1.88. The molecule has 1 aliphatic heterocycles. The number of primary amides is 2. The van der Waals surface area contributed by atoms with Gasteiger partial charge in [0, 0.05) is 37.0 Å². The molecular weight excluding hydrogens is 536 g/mol. The van der Waals surface area contributed by atoms with Crippen molar-refractivity contribution < 1.29 is 33.0 Å². The molecule has 7 N–H and O–H groups in total. The average Bonchev–Trinajstić information content (AvgIpc) is 2.85. The molecule has 208 valence electrons. The molecule has 11 nitrogen and oxygen atoms in total. The van der Waals surface area contributed by atoms with Crippen molar-refractivity contribution in [2.45, 2.75) is 42.4 Å². The van der Waals surface area contributed by atoms with E-state index >= 15 is 0 Å². The van der Waals surface area contributed by atoms with Gasteiger partial charge in [-0.3, -0.25) is 9.59 Å². The Bertz CT molecular complexity index is 1310. The van der Waals surface area contributed by atoms with Crippen LogP contribution in [0, 0.1) is 6.92 Å². The van der Waals surface area contributed by atoms with Gasteiger partial charge in [-0.1, -0.05) is 29.8 Å². The second-order valence-corrected chi connectivity index (χ2v) is 11.7. The number of aliphatic hydroxyl groups excluding tert-OH is 1. The molecule has 1 aliphatic rings. The second-order valence-electron chi connectivity index (χ2n) is 9.49. The van der Waals surface area contributed by atoms with E-state index in [2.05, 4.69) is 15.7 Å². The Kier molecular flexibility index (Phi) is 9.52. The zero-order chi connectivity index (χ0) is 28.3. The summed E-state index contributed by atoms with van der Waals surface area (Å²) in [6.45, 7) is 2.88. The number of likely N-dealkylation sites (N-methyl/N-ethyl adjacent to an activating group) is 1. The van der Waals surface area contributed by atoms with Crippen LogP contribution >= 0.6 is 11.6 Å².